The molecule has 0 aromatic rings. The maximum atomic E-state index is 11.2. The van der Waals surface area contributed by atoms with Gasteiger partial charge in [-0.25, -0.2) is 0 Å². The van der Waals surface area contributed by atoms with E-state index in [1.165, 1.54) is 19.3 Å². The van der Waals surface area contributed by atoms with Gasteiger partial charge >= 0.3 is 5.97 Å². The number of carbonyl (C=O) groups is 2. The number of carbonyl (C=O) groups excluding carboxylic acids is 1. The minimum Gasteiger partial charge on any atom is -0.480 e. The molecule has 80 valence electrons. The Labute approximate surface area is 83.7 Å². The fourth-order valence-electron chi connectivity index (χ4n) is 1.90. The lowest BCUT2D eigenvalue weighted by atomic mass is 9.87. The van der Waals surface area contributed by atoms with E-state index in [4.69, 9.17) is 5.11 Å². The van der Waals surface area contributed by atoms with Crippen LogP contribution >= 0.6 is 0 Å². The van der Waals surface area contributed by atoms with E-state index < -0.39 is 5.97 Å². The molecule has 1 rings (SSSR count). The molecular formula is C10H17NO3. The van der Waals surface area contributed by atoms with Gasteiger partial charge < -0.3 is 10.4 Å². The van der Waals surface area contributed by atoms with Crippen LogP contribution in [0.3, 0.4) is 0 Å². The quantitative estimate of drug-likeness (QED) is 0.714. The van der Waals surface area contributed by atoms with Crippen molar-refractivity contribution in [2.24, 2.45) is 5.92 Å². The molecule has 4 nitrogen and oxygen atoms in total. The predicted octanol–water partition coefficient (Wildman–Crippen LogP) is 1.16. The van der Waals surface area contributed by atoms with E-state index in [0.29, 0.717) is 12.3 Å². The Morgan fingerprint density at radius 1 is 1.21 bits per heavy atom. The summed E-state index contributed by atoms with van der Waals surface area (Å²) in [5.41, 5.74) is 0. The van der Waals surface area contributed by atoms with Crippen molar-refractivity contribution in [1.29, 1.82) is 0 Å². The lowest BCUT2D eigenvalue weighted by Gasteiger charge is -2.20. The molecule has 0 radical (unpaired) electrons. The van der Waals surface area contributed by atoms with Crippen molar-refractivity contribution in [2.75, 3.05) is 6.54 Å². The number of carboxylic acids is 1. The van der Waals surface area contributed by atoms with Crippen molar-refractivity contribution >= 4 is 11.9 Å². The number of hydrogen-bond acceptors (Lipinski definition) is 2. The first-order chi connectivity index (χ1) is 6.68. The molecule has 0 unspecified atom stereocenters. The molecular weight excluding hydrogens is 182 g/mol. The normalized spacial score (nSPS) is 17.7. The van der Waals surface area contributed by atoms with Crippen molar-refractivity contribution in [2.45, 2.75) is 38.5 Å². The van der Waals surface area contributed by atoms with E-state index >= 15 is 0 Å². The molecule has 1 aliphatic carbocycles. The molecule has 0 aromatic heterocycles. The van der Waals surface area contributed by atoms with Crippen LogP contribution in [-0.4, -0.2) is 23.5 Å². The number of carboxylic acid groups (broad SMARTS) is 1. The zero-order chi connectivity index (χ0) is 10.4. The van der Waals surface area contributed by atoms with Gasteiger partial charge in [-0.3, -0.25) is 9.59 Å². The lowest BCUT2D eigenvalue weighted by Crippen LogP contribution is -2.30. The monoisotopic (exact) mass is 199 g/mol. The van der Waals surface area contributed by atoms with E-state index in [-0.39, 0.29) is 12.5 Å². The van der Waals surface area contributed by atoms with Crippen LogP contribution in [0.2, 0.25) is 0 Å². The summed E-state index contributed by atoms with van der Waals surface area (Å²) in [4.78, 5) is 21.4. The first-order valence-corrected chi connectivity index (χ1v) is 5.17. The number of rotatable bonds is 4. The fourth-order valence-corrected chi connectivity index (χ4v) is 1.90. The lowest BCUT2D eigenvalue weighted by molar-refractivity contribution is -0.138. The van der Waals surface area contributed by atoms with E-state index in [9.17, 15) is 9.59 Å². The van der Waals surface area contributed by atoms with Gasteiger partial charge in [0.1, 0.15) is 6.54 Å². The Balaban J connectivity index is 2.15. The highest BCUT2D eigenvalue weighted by atomic mass is 16.4. The number of hydrogen-bond donors (Lipinski definition) is 2. The van der Waals surface area contributed by atoms with Crippen LogP contribution in [-0.2, 0) is 9.59 Å². The third kappa shape index (κ3) is 4.25. The number of nitrogens with one attached hydrogen (secondary N) is 1. The van der Waals surface area contributed by atoms with Crippen LogP contribution in [0.4, 0.5) is 0 Å². The van der Waals surface area contributed by atoms with E-state index in [0.717, 1.165) is 12.8 Å². The van der Waals surface area contributed by atoms with Gasteiger partial charge in [0.2, 0.25) is 5.91 Å². The molecule has 0 aliphatic heterocycles. The van der Waals surface area contributed by atoms with Crippen LogP contribution < -0.4 is 5.32 Å². The Morgan fingerprint density at radius 2 is 1.86 bits per heavy atom. The highest BCUT2D eigenvalue weighted by molar-refractivity contribution is 5.81. The molecule has 0 bridgehead atoms. The zero-order valence-electron chi connectivity index (χ0n) is 8.29. The molecule has 4 heteroatoms. The molecule has 0 aromatic carbocycles. The molecule has 0 spiro atoms. The predicted molar refractivity (Wildman–Crippen MR) is 51.8 cm³/mol. The van der Waals surface area contributed by atoms with E-state index in [2.05, 4.69) is 5.32 Å². The second kappa shape index (κ2) is 5.62. The summed E-state index contributed by atoms with van der Waals surface area (Å²) in [6.45, 7) is -0.258. The largest absolute Gasteiger partial charge is 0.480 e. The number of aliphatic carboxylic acids is 1. The Kier molecular flexibility index (Phi) is 4.43. The molecule has 1 amide bonds. The van der Waals surface area contributed by atoms with Crippen molar-refractivity contribution in [3.63, 3.8) is 0 Å². The van der Waals surface area contributed by atoms with Gasteiger partial charge in [0.15, 0.2) is 0 Å². The van der Waals surface area contributed by atoms with Crippen molar-refractivity contribution in [3.8, 4) is 0 Å². The average Bonchev–Trinajstić information content (AvgIpc) is 2.16. The first-order valence-electron chi connectivity index (χ1n) is 5.17. The first kappa shape index (κ1) is 11.0. The van der Waals surface area contributed by atoms with E-state index in [1.807, 2.05) is 0 Å². The SMILES string of the molecule is O=C(O)CNC(=O)CC1CCCCC1. The van der Waals surface area contributed by atoms with Crippen LogP contribution in [0, 0.1) is 5.92 Å². The van der Waals surface area contributed by atoms with Gasteiger partial charge in [0.25, 0.3) is 0 Å². The molecule has 0 heterocycles. The fraction of sp³-hybridized carbons (Fsp3) is 0.800. The van der Waals surface area contributed by atoms with Crippen LogP contribution in [0.5, 0.6) is 0 Å². The molecule has 0 saturated heterocycles. The molecule has 0 atom stereocenters. The smallest absolute Gasteiger partial charge is 0.322 e. The highest BCUT2D eigenvalue weighted by Crippen LogP contribution is 2.25. The summed E-state index contributed by atoms with van der Waals surface area (Å²) in [7, 11) is 0. The molecule has 1 aliphatic rings. The van der Waals surface area contributed by atoms with E-state index in [1.54, 1.807) is 0 Å². The standard InChI is InChI=1S/C10H17NO3/c12-9(11-7-10(13)14)6-8-4-2-1-3-5-8/h8H,1-7H2,(H,11,12)(H,13,14). The Morgan fingerprint density at radius 3 is 2.43 bits per heavy atom. The highest BCUT2D eigenvalue weighted by Gasteiger charge is 2.16. The molecule has 14 heavy (non-hydrogen) atoms. The van der Waals surface area contributed by atoms with Crippen LogP contribution in [0.25, 0.3) is 0 Å². The minimum absolute atomic E-state index is 0.126. The van der Waals surface area contributed by atoms with Gasteiger partial charge in [-0.1, -0.05) is 19.3 Å². The van der Waals surface area contributed by atoms with Crippen molar-refractivity contribution < 1.29 is 14.7 Å². The number of amides is 1. The topological polar surface area (TPSA) is 66.4 Å². The third-order valence-electron chi connectivity index (χ3n) is 2.64. The second-order valence-electron chi connectivity index (χ2n) is 3.88. The molecule has 1 fully saturated rings. The third-order valence-corrected chi connectivity index (χ3v) is 2.64. The second-order valence-corrected chi connectivity index (χ2v) is 3.88. The summed E-state index contributed by atoms with van der Waals surface area (Å²) in [6.07, 6.45) is 6.40. The molecule has 1 saturated carbocycles. The van der Waals surface area contributed by atoms with Crippen molar-refractivity contribution in [1.82, 2.24) is 5.32 Å². The summed E-state index contributed by atoms with van der Waals surface area (Å²) in [5.74, 6) is -0.640. The maximum absolute atomic E-state index is 11.2. The van der Waals surface area contributed by atoms with Gasteiger partial charge in [0.05, 0.1) is 0 Å². The van der Waals surface area contributed by atoms with Gasteiger partial charge in [-0.2, -0.15) is 0 Å². The molecule has 2 N–H and O–H groups in total. The average molecular weight is 199 g/mol. The van der Waals surface area contributed by atoms with Crippen LogP contribution in [0.1, 0.15) is 38.5 Å². The Bertz CT molecular complexity index is 209. The maximum Gasteiger partial charge on any atom is 0.322 e. The zero-order valence-corrected chi connectivity index (χ0v) is 8.29. The van der Waals surface area contributed by atoms with Gasteiger partial charge in [-0.05, 0) is 18.8 Å². The Hall–Kier alpha value is -1.06. The minimum atomic E-state index is -0.984. The summed E-state index contributed by atoms with van der Waals surface area (Å²) < 4.78 is 0. The summed E-state index contributed by atoms with van der Waals surface area (Å²) in [6, 6.07) is 0. The van der Waals surface area contributed by atoms with Gasteiger partial charge in [-0.15, -0.1) is 0 Å². The summed E-state index contributed by atoms with van der Waals surface area (Å²) in [5, 5.41) is 10.7. The van der Waals surface area contributed by atoms with Crippen molar-refractivity contribution in [3.05, 3.63) is 0 Å². The van der Waals surface area contributed by atoms with Gasteiger partial charge in [0, 0.05) is 6.42 Å². The summed E-state index contributed by atoms with van der Waals surface area (Å²) >= 11 is 0. The van der Waals surface area contributed by atoms with Crippen LogP contribution in [0.15, 0.2) is 0 Å².